The average Bonchev–Trinajstić information content (AvgIpc) is 3.32. The number of rotatable bonds is 13. The number of tetrazole rings is 1. The molecule has 0 aliphatic rings. The molecule has 0 amide bonds. The molecule has 2 N–H and O–H groups in total. The maximum absolute atomic E-state index is 12.0. The first-order valence-electron chi connectivity index (χ1n) is 11.1. The molecule has 3 rings (SSSR count). The van der Waals surface area contributed by atoms with Gasteiger partial charge in [-0.2, -0.15) is 5.21 Å². The minimum atomic E-state index is -0.0635. The lowest BCUT2D eigenvalue weighted by Gasteiger charge is -2.15. The number of carbonyl (C=O) groups excluding carboxylic acids is 1. The minimum absolute atomic E-state index is 0.0577. The Morgan fingerprint density at radius 1 is 1.03 bits per heavy atom. The monoisotopic (exact) mass is 438 g/mol. The van der Waals surface area contributed by atoms with Gasteiger partial charge in [0.25, 0.3) is 0 Å². The Kier molecular flexibility index (Phi) is 8.60. The van der Waals surface area contributed by atoms with Gasteiger partial charge in [-0.25, -0.2) is 0 Å². The highest BCUT2D eigenvalue weighted by atomic mass is 16.5. The summed E-state index contributed by atoms with van der Waals surface area (Å²) in [6.07, 6.45) is 4.16. The molecule has 1 aromatic heterocycles. The number of H-pyrrole nitrogens is 1. The van der Waals surface area contributed by atoms with Crippen molar-refractivity contribution in [2.24, 2.45) is 0 Å². The van der Waals surface area contributed by atoms with Crippen molar-refractivity contribution in [3.05, 3.63) is 58.9 Å². The molecule has 0 aliphatic heterocycles. The lowest BCUT2D eigenvalue weighted by Crippen LogP contribution is -2.06. The maximum Gasteiger partial charge on any atom is 0.178 e. The molecule has 0 saturated carbocycles. The summed E-state index contributed by atoms with van der Waals surface area (Å²) in [6.45, 7) is 4.93. The summed E-state index contributed by atoms with van der Waals surface area (Å²) >= 11 is 0. The van der Waals surface area contributed by atoms with Gasteiger partial charge in [-0.15, -0.1) is 10.2 Å². The van der Waals surface area contributed by atoms with Crippen molar-refractivity contribution in [3.63, 3.8) is 0 Å². The van der Waals surface area contributed by atoms with Crippen LogP contribution in [-0.4, -0.2) is 44.7 Å². The van der Waals surface area contributed by atoms with Crippen LogP contribution < -0.4 is 9.47 Å². The number of ether oxygens (including phenoxy) is 2. The Hall–Kier alpha value is -3.42. The third-order valence-electron chi connectivity index (χ3n) is 5.10. The van der Waals surface area contributed by atoms with Crippen LogP contribution in [-0.2, 0) is 12.8 Å². The van der Waals surface area contributed by atoms with E-state index in [4.69, 9.17) is 9.47 Å². The van der Waals surface area contributed by atoms with Crippen LogP contribution in [0.3, 0.4) is 0 Å². The SMILES string of the molecule is CCCc1c(OCCCCOc2ccc(Cc3nn[nH]n3)cc2)ccc(C(=O)CC)c1O. The number of nitrogens with one attached hydrogen (secondary N) is 1. The molecule has 3 aromatic rings. The standard InChI is InChI=1S/C24H30N4O4/c1-3-7-20-22(13-12-19(24(20)30)21(29)4-2)32-15-6-5-14-31-18-10-8-17(9-11-18)16-23-25-27-28-26-23/h8-13,30H,3-7,14-16H2,1-2H3,(H,25,26,27,28). The molecule has 0 fully saturated rings. The van der Waals surface area contributed by atoms with E-state index in [1.165, 1.54) is 0 Å². The van der Waals surface area contributed by atoms with Gasteiger partial charge in [0.1, 0.15) is 17.2 Å². The van der Waals surface area contributed by atoms with Gasteiger partial charge in [-0.1, -0.05) is 37.6 Å². The molecule has 0 atom stereocenters. The predicted molar refractivity (Wildman–Crippen MR) is 120 cm³/mol. The lowest BCUT2D eigenvalue weighted by atomic mass is 10.00. The van der Waals surface area contributed by atoms with Gasteiger partial charge in [0.15, 0.2) is 11.6 Å². The number of hydrogen-bond donors (Lipinski definition) is 2. The highest BCUT2D eigenvalue weighted by molar-refractivity contribution is 5.99. The number of phenolic OH excluding ortho intramolecular Hbond substituents is 1. The van der Waals surface area contributed by atoms with Crippen LogP contribution in [0.1, 0.15) is 66.8 Å². The summed E-state index contributed by atoms with van der Waals surface area (Å²) in [4.78, 5) is 12.0. The first-order valence-corrected chi connectivity index (χ1v) is 11.1. The number of phenols is 1. The highest BCUT2D eigenvalue weighted by Crippen LogP contribution is 2.33. The molecule has 0 spiro atoms. The third-order valence-corrected chi connectivity index (χ3v) is 5.10. The van der Waals surface area contributed by atoms with Gasteiger partial charge in [-0.3, -0.25) is 4.79 Å². The van der Waals surface area contributed by atoms with Crippen molar-refractivity contribution in [2.75, 3.05) is 13.2 Å². The van der Waals surface area contributed by atoms with Crippen molar-refractivity contribution in [1.82, 2.24) is 20.6 Å². The molecular formula is C24H30N4O4. The van der Waals surface area contributed by atoms with Crippen molar-refractivity contribution in [1.29, 1.82) is 0 Å². The van der Waals surface area contributed by atoms with E-state index in [1.807, 2.05) is 31.2 Å². The molecule has 0 aliphatic carbocycles. The number of hydrogen-bond acceptors (Lipinski definition) is 7. The predicted octanol–water partition coefficient (Wildman–Crippen LogP) is 4.28. The van der Waals surface area contributed by atoms with E-state index in [2.05, 4.69) is 20.6 Å². The normalized spacial score (nSPS) is 10.8. The van der Waals surface area contributed by atoms with Crippen LogP contribution in [0.2, 0.25) is 0 Å². The molecular weight excluding hydrogens is 408 g/mol. The molecule has 170 valence electrons. The number of Topliss-reactive ketones (excluding diaryl/α,β-unsaturated/α-hetero) is 1. The largest absolute Gasteiger partial charge is 0.507 e. The first-order chi connectivity index (χ1) is 15.6. The van der Waals surface area contributed by atoms with E-state index in [1.54, 1.807) is 19.1 Å². The molecule has 2 aromatic carbocycles. The Bertz CT molecular complexity index is 988. The third kappa shape index (κ3) is 6.29. The Morgan fingerprint density at radius 3 is 2.44 bits per heavy atom. The second-order valence-corrected chi connectivity index (χ2v) is 7.52. The zero-order valence-corrected chi connectivity index (χ0v) is 18.6. The zero-order valence-electron chi connectivity index (χ0n) is 18.6. The van der Waals surface area contributed by atoms with Crippen LogP contribution in [0.4, 0.5) is 0 Å². The molecule has 0 radical (unpaired) electrons. The molecule has 0 saturated heterocycles. The van der Waals surface area contributed by atoms with E-state index in [0.717, 1.165) is 30.6 Å². The van der Waals surface area contributed by atoms with E-state index < -0.39 is 0 Å². The van der Waals surface area contributed by atoms with Crippen LogP contribution >= 0.6 is 0 Å². The number of ketones is 1. The Balaban J connectivity index is 1.42. The molecule has 8 nitrogen and oxygen atoms in total. The van der Waals surface area contributed by atoms with E-state index in [-0.39, 0.29) is 11.5 Å². The fourth-order valence-corrected chi connectivity index (χ4v) is 3.38. The van der Waals surface area contributed by atoms with Gasteiger partial charge in [0, 0.05) is 18.4 Å². The number of benzene rings is 2. The number of carbonyl (C=O) groups is 1. The summed E-state index contributed by atoms with van der Waals surface area (Å²) in [5.74, 6) is 2.11. The second kappa shape index (κ2) is 11.8. The lowest BCUT2D eigenvalue weighted by molar-refractivity contribution is 0.0985. The number of aromatic nitrogens is 4. The van der Waals surface area contributed by atoms with E-state index in [9.17, 15) is 9.90 Å². The van der Waals surface area contributed by atoms with Gasteiger partial charge < -0.3 is 14.6 Å². The maximum atomic E-state index is 12.0. The fraction of sp³-hybridized carbons (Fsp3) is 0.417. The van der Waals surface area contributed by atoms with Crippen molar-refractivity contribution in [2.45, 2.75) is 52.4 Å². The fourth-order valence-electron chi connectivity index (χ4n) is 3.38. The smallest absolute Gasteiger partial charge is 0.178 e. The van der Waals surface area contributed by atoms with Crippen molar-refractivity contribution in [3.8, 4) is 17.2 Å². The molecule has 0 bridgehead atoms. The summed E-state index contributed by atoms with van der Waals surface area (Å²) < 4.78 is 11.7. The van der Waals surface area contributed by atoms with Gasteiger partial charge in [-0.05, 0) is 49.1 Å². The Labute approximate surface area is 188 Å². The van der Waals surface area contributed by atoms with Gasteiger partial charge in [0.2, 0.25) is 0 Å². The molecule has 0 unspecified atom stereocenters. The van der Waals surface area contributed by atoms with Crippen molar-refractivity contribution >= 4 is 5.78 Å². The number of aromatic hydroxyl groups is 1. The van der Waals surface area contributed by atoms with E-state index >= 15 is 0 Å². The zero-order chi connectivity index (χ0) is 22.8. The Morgan fingerprint density at radius 2 is 1.78 bits per heavy atom. The summed E-state index contributed by atoms with van der Waals surface area (Å²) in [5.41, 5.74) is 2.17. The highest BCUT2D eigenvalue weighted by Gasteiger charge is 2.17. The average molecular weight is 439 g/mol. The molecule has 1 heterocycles. The number of nitrogens with zero attached hydrogens (tertiary/aromatic N) is 3. The van der Waals surface area contributed by atoms with Crippen molar-refractivity contribution < 1.29 is 19.4 Å². The van der Waals surface area contributed by atoms with Gasteiger partial charge >= 0.3 is 0 Å². The van der Waals surface area contributed by atoms with Crippen LogP contribution in [0.25, 0.3) is 0 Å². The molecule has 32 heavy (non-hydrogen) atoms. The second-order valence-electron chi connectivity index (χ2n) is 7.52. The van der Waals surface area contributed by atoms with Gasteiger partial charge in [0.05, 0.1) is 18.8 Å². The van der Waals surface area contributed by atoms with Crippen LogP contribution in [0, 0.1) is 0 Å². The number of unbranched alkanes of at least 4 members (excludes halogenated alkanes) is 1. The van der Waals surface area contributed by atoms with Crippen LogP contribution in [0.5, 0.6) is 17.2 Å². The molecule has 8 heteroatoms. The summed E-state index contributed by atoms with van der Waals surface area (Å²) in [6, 6.07) is 11.3. The minimum Gasteiger partial charge on any atom is -0.507 e. The summed E-state index contributed by atoms with van der Waals surface area (Å²) in [5, 5.41) is 24.4. The van der Waals surface area contributed by atoms with Crippen LogP contribution in [0.15, 0.2) is 36.4 Å². The quantitative estimate of drug-likeness (QED) is 0.303. The summed E-state index contributed by atoms with van der Waals surface area (Å²) in [7, 11) is 0. The topological polar surface area (TPSA) is 110 Å². The number of aromatic amines is 1. The van der Waals surface area contributed by atoms with E-state index in [0.29, 0.717) is 55.2 Å². The first kappa shape index (κ1) is 23.2.